The first-order valence-electron chi connectivity index (χ1n) is 6.53. The Hall–Kier alpha value is 0.180. The van der Waals surface area contributed by atoms with Gasteiger partial charge < -0.3 is 0 Å². The number of alkyl halides is 1. The van der Waals surface area contributed by atoms with Crippen LogP contribution in [0, 0.1) is 25.2 Å². The average molecular weight is 376 g/mol. The lowest BCUT2D eigenvalue weighted by atomic mass is 9.78. The summed E-state index contributed by atoms with van der Waals surface area (Å²) >= 11 is 7.47. The molecule has 0 bridgehead atoms. The van der Waals surface area contributed by atoms with Crippen molar-refractivity contribution in [2.75, 3.05) is 0 Å². The minimum atomic E-state index is 0.365. The van der Waals surface area contributed by atoms with Gasteiger partial charge in [-0.2, -0.15) is 0 Å². The van der Waals surface area contributed by atoms with Gasteiger partial charge in [-0.05, 0) is 54.4 Å². The predicted octanol–water partition coefficient (Wildman–Crippen LogP) is 6.57. The van der Waals surface area contributed by atoms with Crippen molar-refractivity contribution < 1.29 is 0 Å². The van der Waals surface area contributed by atoms with E-state index in [0.29, 0.717) is 16.2 Å². The van der Waals surface area contributed by atoms with Gasteiger partial charge in [-0.15, -0.1) is 0 Å². The smallest absolute Gasteiger partial charge is 0.0400 e. The largest absolute Gasteiger partial charge is 0.0839 e. The molecule has 0 aromatic heterocycles. The van der Waals surface area contributed by atoms with Crippen LogP contribution in [0.2, 0.25) is 0 Å². The molecule has 1 aromatic carbocycles. The highest BCUT2D eigenvalue weighted by atomic mass is 79.9. The highest BCUT2D eigenvalue weighted by Gasteiger charge is 2.24. The molecule has 2 heteroatoms. The summed E-state index contributed by atoms with van der Waals surface area (Å²) in [6, 6.07) is 4.52. The predicted molar refractivity (Wildman–Crippen MR) is 88.5 cm³/mol. The summed E-state index contributed by atoms with van der Waals surface area (Å²) in [6.45, 7) is 13.6. The van der Waals surface area contributed by atoms with E-state index in [9.17, 15) is 0 Å². The van der Waals surface area contributed by atoms with Crippen LogP contribution >= 0.6 is 31.9 Å². The molecule has 0 spiro atoms. The second kappa shape index (κ2) is 6.09. The van der Waals surface area contributed by atoms with Crippen LogP contribution in [-0.2, 0) is 0 Å². The molecule has 0 aliphatic rings. The van der Waals surface area contributed by atoms with Crippen LogP contribution in [0.5, 0.6) is 0 Å². The van der Waals surface area contributed by atoms with Gasteiger partial charge in [0.15, 0.2) is 0 Å². The van der Waals surface area contributed by atoms with Crippen LogP contribution < -0.4 is 0 Å². The van der Waals surface area contributed by atoms with E-state index in [0.717, 1.165) is 0 Å². The summed E-state index contributed by atoms with van der Waals surface area (Å²) < 4.78 is 1.20. The van der Waals surface area contributed by atoms with Crippen molar-refractivity contribution in [1.29, 1.82) is 0 Å². The molecule has 0 saturated heterocycles. The Labute approximate surface area is 129 Å². The van der Waals surface area contributed by atoms with E-state index in [1.54, 1.807) is 0 Å². The Bertz CT molecular complexity index is 416. The van der Waals surface area contributed by atoms with Crippen LogP contribution in [0.4, 0.5) is 0 Å². The Morgan fingerprint density at radius 1 is 1.11 bits per heavy atom. The van der Waals surface area contributed by atoms with Crippen molar-refractivity contribution in [3.63, 3.8) is 0 Å². The number of hydrogen-bond donors (Lipinski definition) is 0. The van der Waals surface area contributed by atoms with Crippen LogP contribution in [0.3, 0.4) is 0 Å². The van der Waals surface area contributed by atoms with Gasteiger partial charge in [-0.3, -0.25) is 0 Å². The molecule has 0 radical (unpaired) electrons. The maximum Gasteiger partial charge on any atom is 0.0400 e. The monoisotopic (exact) mass is 374 g/mol. The summed E-state index contributed by atoms with van der Waals surface area (Å²) in [6.07, 6.45) is 1.17. The van der Waals surface area contributed by atoms with E-state index in [2.05, 4.69) is 85.5 Å². The number of rotatable bonds is 3. The lowest BCUT2D eigenvalue weighted by Crippen LogP contribution is -2.18. The Morgan fingerprint density at radius 2 is 1.67 bits per heavy atom. The second-order valence-electron chi connectivity index (χ2n) is 6.43. The van der Waals surface area contributed by atoms with Gasteiger partial charge in [0.1, 0.15) is 0 Å². The molecule has 1 aromatic rings. The highest BCUT2D eigenvalue weighted by Crippen LogP contribution is 2.39. The Morgan fingerprint density at radius 3 is 2.17 bits per heavy atom. The molecular formula is C16H24Br2. The molecule has 0 aliphatic heterocycles. The molecule has 18 heavy (non-hydrogen) atoms. The third kappa shape index (κ3) is 4.09. The summed E-state index contributed by atoms with van der Waals surface area (Å²) in [7, 11) is 0. The van der Waals surface area contributed by atoms with E-state index < -0.39 is 0 Å². The highest BCUT2D eigenvalue weighted by molar-refractivity contribution is 9.10. The average Bonchev–Trinajstić information content (AvgIpc) is 2.21. The number of halogens is 2. The minimum Gasteiger partial charge on any atom is -0.0839 e. The third-order valence-corrected chi connectivity index (χ3v) is 5.65. The fraction of sp³-hybridized carbons (Fsp3) is 0.625. The molecule has 0 heterocycles. The first kappa shape index (κ1) is 16.2. The van der Waals surface area contributed by atoms with E-state index in [-0.39, 0.29) is 0 Å². The van der Waals surface area contributed by atoms with E-state index >= 15 is 0 Å². The summed E-state index contributed by atoms with van der Waals surface area (Å²) in [4.78, 5) is 0.443. The molecule has 0 fully saturated rings. The maximum atomic E-state index is 3.87. The van der Waals surface area contributed by atoms with Crippen molar-refractivity contribution in [2.24, 2.45) is 11.3 Å². The lowest BCUT2D eigenvalue weighted by molar-refractivity contribution is 0.246. The lowest BCUT2D eigenvalue weighted by Gasteiger charge is -2.29. The molecule has 0 saturated carbocycles. The third-order valence-electron chi connectivity index (χ3n) is 3.92. The zero-order chi connectivity index (χ0) is 14.1. The van der Waals surface area contributed by atoms with Gasteiger partial charge in [-0.1, -0.05) is 65.6 Å². The number of hydrogen-bond acceptors (Lipinski definition) is 0. The molecule has 102 valence electrons. The van der Waals surface area contributed by atoms with E-state index in [1.807, 2.05) is 0 Å². The summed E-state index contributed by atoms with van der Waals surface area (Å²) in [5.41, 5.74) is 4.45. The van der Waals surface area contributed by atoms with Crippen LogP contribution in [0.1, 0.15) is 55.6 Å². The fourth-order valence-corrected chi connectivity index (χ4v) is 3.44. The molecule has 0 nitrogen and oxygen atoms in total. The first-order valence-corrected chi connectivity index (χ1v) is 8.24. The molecular weight excluding hydrogens is 352 g/mol. The van der Waals surface area contributed by atoms with Crippen LogP contribution in [0.15, 0.2) is 16.6 Å². The van der Waals surface area contributed by atoms with Crippen molar-refractivity contribution in [3.8, 4) is 0 Å². The molecule has 0 amide bonds. The van der Waals surface area contributed by atoms with Crippen molar-refractivity contribution >= 4 is 31.9 Å². The van der Waals surface area contributed by atoms with Gasteiger partial charge in [0.2, 0.25) is 0 Å². The van der Waals surface area contributed by atoms with E-state index in [1.165, 1.54) is 27.6 Å². The van der Waals surface area contributed by atoms with Crippen molar-refractivity contribution in [2.45, 2.75) is 52.8 Å². The van der Waals surface area contributed by atoms with Gasteiger partial charge >= 0.3 is 0 Å². The normalized spacial score (nSPS) is 15.6. The number of benzene rings is 1. The van der Waals surface area contributed by atoms with Gasteiger partial charge in [0.05, 0.1) is 0 Å². The van der Waals surface area contributed by atoms with Crippen molar-refractivity contribution in [3.05, 3.63) is 33.3 Å². The van der Waals surface area contributed by atoms with Gasteiger partial charge in [-0.25, -0.2) is 0 Å². The van der Waals surface area contributed by atoms with Crippen molar-refractivity contribution in [1.82, 2.24) is 0 Å². The Balaban J connectivity index is 2.91. The molecule has 0 aliphatic carbocycles. The zero-order valence-corrected chi connectivity index (χ0v) is 15.4. The molecule has 1 rings (SSSR count). The number of aryl methyl sites for hydroxylation is 2. The fourth-order valence-electron chi connectivity index (χ4n) is 1.93. The second-order valence-corrected chi connectivity index (χ2v) is 8.39. The first-order chi connectivity index (χ1) is 8.12. The van der Waals surface area contributed by atoms with E-state index in [4.69, 9.17) is 0 Å². The molecule has 2 unspecified atom stereocenters. The standard InChI is InChI=1S/C16H24Br2/c1-10-8-14(17)11(2)7-13(10)15(18)9-12(3)16(4,5)6/h7-8,12,15H,9H2,1-6H3. The quantitative estimate of drug-likeness (QED) is 0.523. The Kier molecular flexibility index (Phi) is 5.49. The SMILES string of the molecule is Cc1cc(C(Br)CC(C)C(C)(C)C)c(C)cc1Br. The van der Waals surface area contributed by atoms with Gasteiger partial charge in [0.25, 0.3) is 0 Å². The summed E-state index contributed by atoms with van der Waals surface area (Å²) in [5.74, 6) is 0.685. The minimum absolute atomic E-state index is 0.365. The molecule has 2 atom stereocenters. The molecule has 0 N–H and O–H groups in total. The van der Waals surface area contributed by atoms with Crippen LogP contribution in [0.25, 0.3) is 0 Å². The van der Waals surface area contributed by atoms with Crippen LogP contribution in [-0.4, -0.2) is 0 Å². The van der Waals surface area contributed by atoms with Gasteiger partial charge in [0, 0.05) is 9.30 Å². The summed E-state index contributed by atoms with van der Waals surface area (Å²) in [5, 5.41) is 0. The maximum absolute atomic E-state index is 3.87. The topological polar surface area (TPSA) is 0 Å². The zero-order valence-electron chi connectivity index (χ0n) is 12.3.